The molecule has 0 spiro atoms. The zero-order chi connectivity index (χ0) is 71.6. The molecular weight excluding hydrogens is 1490 g/mol. The molecule has 10 atom stereocenters. The van der Waals surface area contributed by atoms with Gasteiger partial charge in [0.15, 0.2) is 6.79 Å². The fourth-order valence-electron chi connectivity index (χ4n) is 9.38. The Kier molecular flexibility index (Phi) is 60.6. The van der Waals surface area contributed by atoms with Gasteiger partial charge in [-0.15, -0.1) is 0 Å². The first-order valence-corrected chi connectivity index (χ1v) is 43.9. The summed E-state index contributed by atoms with van der Waals surface area (Å²) in [7, 11) is -24.6. The first-order chi connectivity index (χ1) is 45.5. The maximum Gasteiger partial charge on any atom is 0.477 e. The first kappa shape index (κ1) is 99.2. The van der Waals surface area contributed by atoms with Crippen molar-refractivity contribution in [2.24, 2.45) is 27.6 Å². The van der Waals surface area contributed by atoms with Crippen molar-refractivity contribution >= 4 is 89.6 Å². The third-order valence-corrected chi connectivity index (χ3v) is 21.7. The SMILES string of the molecule is C.C1CCCC1.[3H]C(CO)OP(=O)(OCCCC1CCCC1)OCOP(=O)(O)OCC(C)(COCCCCCCS)COP(=O)(O)OCC(C)(COCCCCCCS)COP(=O)(O)OCC(C)(COCCCCCCS)COP(=O)(O)OCC(C)(CO)COCCCCCCS.[Fe]. The summed E-state index contributed by atoms with van der Waals surface area (Å²) in [5.41, 5.74) is -5.32. The molecule has 0 amide bonds. The molecular formula is C61H129FeO26P5S4. The van der Waals surface area contributed by atoms with E-state index in [0.717, 1.165) is 127 Å². The summed E-state index contributed by atoms with van der Waals surface area (Å²) in [5.74, 6) is 3.47. The molecule has 0 aromatic heterocycles. The van der Waals surface area contributed by atoms with Gasteiger partial charge in [0, 0.05) is 65.2 Å². The molecule has 6 N–H and O–H groups in total. The smallest absolute Gasteiger partial charge is 0.396 e. The standard InChI is InChI=1S/C55H115O26P5S4.C5H10.CH4.Fe/c1-52(38-57,39-67-28-15-5-9-19-34-87)43-73-82(58,59)74-44-53(2,40-68-29-16-6-10-20-35-88)45-75-83(60,61)76-46-54(3,41-69-30-17-7-11-21-36-89)47-77-84(62,63)78-48-55(4,42-70-31-18-8-12-22-37-90)49-79-85(64,65)80-50-81-86(66,72-33-27-56)71-32-23-26-51-24-13-14-25-51;1-2-4-5-3-1;;/h51,56-57,87-90H,5-50H2,1-4H3,(H,58,59)(H,60,61)(H,62,63)(H,64,65);1-5H2;1H4;/i33T;;;. The van der Waals surface area contributed by atoms with Gasteiger partial charge in [-0.3, -0.25) is 49.8 Å². The summed E-state index contributed by atoms with van der Waals surface area (Å²) in [6, 6.07) is 0. The molecule has 97 heavy (non-hydrogen) atoms. The van der Waals surface area contributed by atoms with E-state index in [1.165, 1.54) is 46.0 Å². The van der Waals surface area contributed by atoms with Gasteiger partial charge in [-0.25, -0.2) is 22.8 Å². The third kappa shape index (κ3) is 56.2. The van der Waals surface area contributed by atoms with Gasteiger partial charge in [0.05, 0.1) is 100 Å². The van der Waals surface area contributed by atoms with Crippen LogP contribution in [0.3, 0.4) is 0 Å². The van der Waals surface area contributed by atoms with E-state index < -0.39 is 134 Å². The van der Waals surface area contributed by atoms with Crippen molar-refractivity contribution in [2.45, 2.75) is 208 Å². The number of thiol groups is 4. The first-order valence-electron chi connectivity index (χ1n) is 34.5. The molecule has 0 radical (unpaired) electrons. The summed E-state index contributed by atoms with van der Waals surface area (Å²) in [5, 5.41) is 19.5. The van der Waals surface area contributed by atoms with Gasteiger partial charge in [0.1, 0.15) is 0 Å². The fraction of sp³-hybridized carbons (Fsp3) is 1.00. The van der Waals surface area contributed by atoms with Crippen molar-refractivity contribution < 1.29 is 140 Å². The van der Waals surface area contributed by atoms with Gasteiger partial charge in [-0.05, 0) is 93.1 Å². The number of phosphoric acid groups is 5. The summed E-state index contributed by atoms with van der Waals surface area (Å²) in [6.07, 6.45) is 26.8. The van der Waals surface area contributed by atoms with Crippen LogP contribution in [0.15, 0.2) is 0 Å². The minimum atomic E-state index is -5.09. The van der Waals surface area contributed by atoms with Gasteiger partial charge >= 0.3 is 39.1 Å². The van der Waals surface area contributed by atoms with E-state index in [2.05, 4.69) is 50.5 Å². The molecule has 586 valence electrons. The number of rotatable bonds is 66. The molecule has 0 saturated heterocycles. The number of hydrogen-bond acceptors (Lipinski definition) is 26. The molecule has 10 unspecified atom stereocenters. The minimum absolute atomic E-state index is 0. The number of unbranched alkanes of at least 4 members (excludes halogenated alkanes) is 12. The Hall–Kier alpha value is 2.23. The molecule has 0 heterocycles. The average molecular weight is 1620 g/mol. The summed E-state index contributed by atoms with van der Waals surface area (Å²) in [6.45, 7) is -1.76. The molecule has 2 aliphatic rings. The van der Waals surface area contributed by atoms with Gasteiger partial charge in [0.25, 0.3) is 0 Å². The van der Waals surface area contributed by atoms with E-state index in [1.54, 1.807) is 13.8 Å². The van der Waals surface area contributed by atoms with Crippen molar-refractivity contribution in [3.63, 3.8) is 0 Å². The Balaban J connectivity index is 0. The number of aliphatic hydroxyl groups excluding tert-OH is 2. The second-order valence-electron chi connectivity index (χ2n) is 26.1. The van der Waals surface area contributed by atoms with Crippen molar-refractivity contribution in [3.8, 4) is 0 Å². The van der Waals surface area contributed by atoms with Crippen molar-refractivity contribution in [2.75, 3.05) is 155 Å². The van der Waals surface area contributed by atoms with Gasteiger partial charge in [-0.2, -0.15) is 50.5 Å². The predicted molar refractivity (Wildman–Crippen MR) is 388 cm³/mol. The van der Waals surface area contributed by atoms with E-state index in [4.69, 9.17) is 70.1 Å². The second-order valence-corrected chi connectivity index (χ2v) is 35.3. The minimum Gasteiger partial charge on any atom is -0.396 e. The Labute approximate surface area is 616 Å². The summed E-state index contributed by atoms with van der Waals surface area (Å²) < 4.78 is 157. The van der Waals surface area contributed by atoms with Crippen LogP contribution in [-0.4, -0.2) is 185 Å². The quantitative estimate of drug-likeness (QED) is 0.00889. The topological polar surface area (TPSA) is 345 Å². The van der Waals surface area contributed by atoms with Crippen LogP contribution in [0.1, 0.15) is 210 Å². The zero-order valence-electron chi connectivity index (χ0n) is 58.7. The van der Waals surface area contributed by atoms with E-state index in [1.807, 2.05) is 0 Å². The van der Waals surface area contributed by atoms with Crippen molar-refractivity contribution in [3.05, 3.63) is 0 Å². The molecule has 0 bridgehead atoms. The van der Waals surface area contributed by atoms with Crippen LogP contribution in [0.25, 0.3) is 0 Å². The van der Waals surface area contributed by atoms with Gasteiger partial charge in [-0.1, -0.05) is 144 Å². The number of phosphoric ester groups is 5. The molecule has 0 aliphatic heterocycles. The predicted octanol–water partition coefficient (Wildman–Crippen LogP) is 15.2. The summed E-state index contributed by atoms with van der Waals surface area (Å²) >= 11 is 17.0. The number of aliphatic hydroxyl groups is 2. The Morgan fingerprint density at radius 3 is 0.959 bits per heavy atom. The van der Waals surface area contributed by atoms with Gasteiger partial charge in [0.2, 0.25) is 0 Å². The van der Waals surface area contributed by atoms with Crippen LogP contribution in [0.4, 0.5) is 0 Å². The number of ether oxygens (including phenoxy) is 4. The molecule has 2 fully saturated rings. The molecule has 2 rings (SSSR count). The maximum absolute atomic E-state index is 13.8. The largest absolute Gasteiger partial charge is 0.477 e. The van der Waals surface area contributed by atoms with Gasteiger partial charge < -0.3 is 48.7 Å². The zero-order valence-corrected chi connectivity index (χ0v) is 66.9. The molecule has 2 aliphatic carbocycles. The molecule has 0 aromatic carbocycles. The van der Waals surface area contributed by atoms with Crippen LogP contribution in [0.2, 0.25) is 0 Å². The van der Waals surface area contributed by atoms with E-state index >= 15 is 0 Å². The van der Waals surface area contributed by atoms with E-state index in [-0.39, 0.29) is 77.4 Å². The third-order valence-electron chi connectivity index (χ3n) is 15.4. The molecule has 0 aromatic rings. The van der Waals surface area contributed by atoms with E-state index in [9.17, 15) is 52.6 Å². The Morgan fingerprint density at radius 1 is 0.371 bits per heavy atom. The Morgan fingerprint density at radius 2 is 0.660 bits per heavy atom. The fourth-order valence-corrected chi connectivity index (χ4v) is 15.1. The van der Waals surface area contributed by atoms with Crippen molar-refractivity contribution in [1.29, 1.82) is 0 Å². The van der Waals surface area contributed by atoms with Crippen LogP contribution in [-0.2, 0) is 109 Å². The van der Waals surface area contributed by atoms with Crippen LogP contribution >= 0.6 is 89.6 Å². The Bertz CT molecular complexity index is 2180. The molecule has 26 nitrogen and oxygen atoms in total. The van der Waals surface area contributed by atoms with Crippen LogP contribution in [0, 0.1) is 27.6 Å². The normalized spacial score (nSPS) is 19.8. The maximum atomic E-state index is 13.8. The van der Waals surface area contributed by atoms with E-state index in [0.29, 0.717) is 49.7 Å². The van der Waals surface area contributed by atoms with Crippen LogP contribution < -0.4 is 0 Å². The second kappa shape index (κ2) is 59.2. The van der Waals surface area contributed by atoms with Crippen molar-refractivity contribution in [1.82, 2.24) is 0 Å². The number of hydrogen-bond donors (Lipinski definition) is 10. The molecule has 2 saturated carbocycles. The summed E-state index contributed by atoms with van der Waals surface area (Å²) in [4.78, 5) is 43.9. The monoisotopic (exact) mass is 1620 g/mol. The average Bonchev–Trinajstić information content (AvgIpc) is 1.05. The van der Waals surface area contributed by atoms with Crippen LogP contribution in [0.5, 0.6) is 0 Å². The molecule has 36 heteroatoms.